The Kier molecular flexibility index (Phi) is 4.40. The van der Waals surface area contributed by atoms with Crippen LogP contribution in [0.2, 0.25) is 0 Å². The predicted molar refractivity (Wildman–Crippen MR) is 73.0 cm³/mol. The number of hydrogen-bond donors (Lipinski definition) is 0. The van der Waals surface area contributed by atoms with Crippen LogP contribution in [0, 0.1) is 0 Å². The lowest BCUT2D eigenvalue weighted by atomic mass is 9.90. The molecule has 0 saturated heterocycles. The van der Waals surface area contributed by atoms with Crippen LogP contribution in [0.4, 0.5) is 0 Å². The van der Waals surface area contributed by atoms with E-state index in [9.17, 15) is 4.79 Å². The fraction of sp³-hybridized carbons (Fsp3) is 0.562. The number of hydrogen-bond acceptors (Lipinski definition) is 2. The number of benzene rings is 1. The van der Waals surface area contributed by atoms with E-state index in [0.717, 1.165) is 37.0 Å². The second-order valence-corrected chi connectivity index (χ2v) is 5.32. The van der Waals surface area contributed by atoms with Crippen LogP contribution in [-0.4, -0.2) is 11.9 Å². The maximum Gasteiger partial charge on any atom is 0.140 e. The maximum absolute atomic E-state index is 12.2. The summed E-state index contributed by atoms with van der Waals surface area (Å²) in [5.41, 5.74) is 1.08. The van der Waals surface area contributed by atoms with Gasteiger partial charge in [-0.1, -0.05) is 31.0 Å². The molecule has 0 heterocycles. The molecule has 0 N–H and O–H groups in total. The maximum atomic E-state index is 12.2. The van der Waals surface area contributed by atoms with E-state index in [4.69, 9.17) is 4.74 Å². The molecule has 0 spiro atoms. The highest BCUT2D eigenvalue weighted by Crippen LogP contribution is 2.34. The molecule has 1 aliphatic rings. The molecule has 1 unspecified atom stereocenters. The van der Waals surface area contributed by atoms with Gasteiger partial charge in [0.1, 0.15) is 11.5 Å². The van der Waals surface area contributed by atoms with Crippen LogP contribution < -0.4 is 4.74 Å². The van der Waals surface area contributed by atoms with Gasteiger partial charge in [-0.05, 0) is 32.8 Å². The Morgan fingerprint density at radius 2 is 1.94 bits per heavy atom. The van der Waals surface area contributed by atoms with Crippen LogP contribution >= 0.6 is 0 Å². The third-order valence-corrected chi connectivity index (χ3v) is 3.46. The lowest BCUT2D eigenvalue weighted by molar-refractivity contribution is -0.120. The van der Waals surface area contributed by atoms with Gasteiger partial charge < -0.3 is 4.74 Å². The summed E-state index contributed by atoms with van der Waals surface area (Å²) in [5.74, 6) is 1.31. The van der Waals surface area contributed by atoms with E-state index >= 15 is 0 Å². The molecular weight excluding hydrogens is 224 g/mol. The number of para-hydroxylation sites is 1. The third-order valence-electron chi connectivity index (χ3n) is 3.46. The minimum atomic E-state index is 0.0439. The third kappa shape index (κ3) is 3.12. The van der Waals surface area contributed by atoms with E-state index in [-0.39, 0.29) is 12.0 Å². The zero-order valence-corrected chi connectivity index (χ0v) is 11.3. The van der Waals surface area contributed by atoms with Gasteiger partial charge in [0, 0.05) is 17.9 Å². The van der Waals surface area contributed by atoms with Crippen molar-refractivity contribution in [2.24, 2.45) is 0 Å². The number of carbonyl (C=O) groups is 1. The molecule has 2 rings (SSSR count). The Morgan fingerprint density at radius 1 is 1.17 bits per heavy atom. The van der Waals surface area contributed by atoms with Gasteiger partial charge >= 0.3 is 0 Å². The van der Waals surface area contributed by atoms with Crippen molar-refractivity contribution >= 4 is 5.78 Å². The summed E-state index contributed by atoms with van der Waals surface area (Å²) in [6.07, 6.45) is 5.20. The van der Waals surface area contributed by atoms with Crippen LogP contribution in [0.15, 0.2) is 24.3 Å². The molecule has 1 aliphatic carbocycles. The van der Waals surface area contributed by atoms with Crippen molar-refractivity contribution in [2.75, 3.05) is 0 Å². The minimum absolute atomic E-state index is 0.0439. The molecule has 1 atom stereocenters. The summed E-state index contributed by atoms with van der Waals surface area (Å²) in [6, 6.07) is 8.00. The van der Waals surface area contributed by atoms with Gasteiger partial charge in [0.2, 0.25) is 0 Å². The topological polar surface area (TPSA) is 26.3 Å². The SMILES string of the molecule is CC(C)Oc1ccccc1C1CCCCCC1=O. The van der Waals surface area contributed by atoms with Gasteiger partial charge in [-0.3, -0.25) is 4.79 Å². The molecule has 1 fully saturated rings. The van der Waals surface area contributed by atoms with E-state index in [1.54, 1.807) is 0 Å². The summed E-state index contributed by atoms with van der Waals surface area (Å²) < 4.78 is 5.84. The highest BCUT2D eigenvalue weighted by atomic mass is 16.5. The van der Waals surface area contributed by atoms with Crippen molar-refractivity contribution in [1.82, 2.24) is 0 Å². The normalized spacial score (nSPS) is 20.8. The molecule has 98 valence electrons. The predicted octanol–water partition coefficient (Wildman–Crippen LogP) is 4.09. The summed E-state index contributed by atoms with van der Waals surface area (Å²) >= 11 is 0. The largest absolute Gasteiger partial charge is 0.491 e. The molecule has 0 radical (unpaired) electrons. The lowest BCUT2D eigenvalue weighted by Gasteiger charge is -2.19. The van der Waals surface area contributed by atoms with Gasteiger partial charge in [0.15, 0.2) is 0 Å². The fourth-order valence-electron chi connectivity index (χ4n) is 2.62. The summed E-state index contributed by atoms with van der Waals surface area (Å²) in [6.45, 7) is 4.04. The first-order valence-electron chi connectivity index (χ1n) is 6.97. The van der Waals surface area contributed by atoms with Crippen LogP contribution in [-0.2, 0) is 4.79 Å². The average Bonchev–Trinajstić information content (AvgIpc) is 2.54. The highest BCUT2D eigenvalue weighted by molar-refractivity contribution is 5.86. The van der Waals surface area contributed by atoms with Crippen LogP contribution in [0.25, 0.3) is 0 Å². The molecule has 18 heavy (non-hydrogen) atoms. The van der Waals surface area contributed by atoms with E-state index in [1.807, 2.05) is 38.1 Å². The molecule has 1 aromatic rings. The second-order valence-electron chi connectivity index (χ2n) is 5.32. The van der Waals surface area contributed by atoms with E-state index < -0.39 is 0 Å². The van der Waals surface area contributed by atoms with E-state index in [1.165, 1.54) is 6.42 Å². The Labute approximate surface area is 109 Å². The Morgan fingerprint density at radius 3 is 2.72 bits per heavy atom. The molecule has 1 saturated carbocycles. The van der Waals surface area contributed by atoms with Gasteiger partial charge in [0.05, 0.1) is 6.10 Å². The van der Waals surface area contributed by atoms with Crippen molar-refractivity contribution in [1.29, 1.82) is 0 Å². The lowest BCUT2D eigenvalue weighted by Crippen LogP contribution is -2.14. The number of carbonyl (C=O) groups excluding carboxylic acids is 1. The molecule has 2 nitrogen and oxygen atoms in total. The monoisotopic (exact) mass is 246 g/mol. The zero-order valence-electron chi connectivity index (χ0n) is 11.3. The zero-order chi connectivity index (χ0) is 13.0. The highest BCUT2D eigenvalue weighted by Gasteiger charge is 2.25. The first-order chi connectivity index (χ1) is 8.68. The van der Waals surface area contributed by atoms with E-state index in [2.05, 4.69) is 0 Å². The number of ether oxygens (including phenoxy) is 1. The summed E-state index contributed by atoms with van der Waals surface area (Å²) in [5, 5.41) is 0. The summed E-state index contributed by atoms with van der Waals surface area (Å²) in [4.78, 5) is 12.2. The first kappa shape index (κ1) is 13.1. The van der Waals surface area contributed by atoms with Crippen LogP contribution in [0.5, 0.6) is 5.75 Å². The molecule has 0 aliphatic heterocycles. The average molecular weight is 246 g/mol. The molecule has 1 aromatic carbocycles. The number of ketones is 1. The van der Waals surface area contributed by atoms with Crippen molar-refractivity contribution in [3.63, 3.8) is 0 Å². The smallest absolute Gasteiger partial charge is 0.140 e. The fourth-order valence-corrected chi connectivity index (χ4v) is 2.62. The van der Waals surface area contributed by atoms with Gasteiger partial charge in [-0.15, -0.1) is 0 Å². The number of Topliss-reactive ketones (excluding diaryl/α,β-unsaturated/α-hetero) is 1. The molecular formula is C16H22O2. The Balaban J connectivity index is 2.27. The van der Waals surface area contributed by atoms with Crippen molar-refractivity contribution in [3.8, 4) is 5.75 Å². The second kappa shape index (κ2) is 6.03. The standard InChI is InChI=1S/C16H22O2/c1-12(2)18-16-11-7-6-9-14(16)13-8-4-3-5-10-15(13)17/h6-7,9,11-13H,3-5,8,10H2,1-2H3. The number of rotatable bonds is 3. The van der Waals surface area contributed by atoms with Crippen LogP contribution in [0.1, 0.15) is 57.4 Å². The van der Waals surface area contributed by atoms with Crippen molar-refractivity contribution in [3.05, 3.63) is 29.8 Å². The molecule has 2 heteroatoms. The van der Waals surface area contributed by atoms with Crippen LogP contribution in [0.3, 0.4) is 0 Å². The molecule has 0 amide bonds. The minimum Gasteiger partial charge on any atom is -0.491 e. The van der Waals surface area contributed by atoms with Crippen molar-refractivity contribution in [2.45, 2.75) is 58.0 Å². The van der Waals surface area contributed by atoms with Gasteiger partial charge in [0.25, 0.3) is 0 Å². The van der Waals surface area contributed by atoms with E-state index in [0.29, 0.717) is 5.78 Å². The van der Waals surface area contributed by atoms with Crippen molar-refractivity contribution < 1.29 is 9.53 Å². The Hall–Kier alpha value is -1.31. The van der Waals surface area contributed by atoms with Gasteiger partial charge in [-0.25, -0.2) is 0 Å². The molecule has 0 bridgehead atoms. The molecule has 0 aromatic heterocycles. The Bertz CT molecular complexity index is 409. The van der Waals surface area contributed by atoms with Gasteiger partial charge in [-0.2, -0.15) is 0 Å². The first-order valence-corrected chi connectivity index (χ1v) is 6.97. The quantitative estimate of drug-likeness (QED) is 0.751. The summed E-state index contributed by atoms with van der Waals surface area (Å²) in [7, 11) is 0.